The van der Waals surface area contributed by atoms with Crippen LogP contribution in [0.5, 0.6) is 0 Å². The Kier molecular flexibility index (Phi) is 6.67. The van der Waals surface area contributed by atoms with Gasteiger partial charge < -0.3 is 4.90 Å². The van der Waals surface area contributed by atoms with Crippen molar-refractivity contribution in [2.75, 3.05) is 15.6 Å². The van der Waals surface area contributed by atoms with E-state index >= 15 is 0 Å². The molecule has 0 saturated heterocycles. The molecule has 6 nitrogen and oxygen atoms in total. The summed E-state index contributed by atoms with van der Waals surface area (Å²) in [6.07, 6.45) is 4.97. The number of anilines is 3. The molecule has 0 aliphatic heterocycles. The van der Waals surface area contributed by atoms with Crippen molar-refractivity contribution in [2.24, 2.45) is 5.92 Å². The highest BCUT2D eigenvalue weighted by Crippen LogP contribution is 2.34. The van der Waals surface area contributed by atoms with Gasteiger partial charge in [-0.3, -0.25) is 14.5 Å². The second kappa shape index (κ2) is 9.90. The number of hydrogen-bond donors (Lipinski definition) is 0. The van der Waals surface area contributed by atoms with E-state index in [-0.39, 0.29) is 34.4 Å². The Balaban J connectivity index is 1.44. The van der Waals surface area contributed by atoms with Crippen molar-refractivity contribution in [3.63, 3.8) is 0 Å². The van der Waals surface area contributed by atoms with Crippen LogP contribution in [-0.2, 0) is 14.6 Å². The van der Waals surface area contributed by atoms with E-state index in [1.54, 1.807) is 48.5 Å². The van der Waals surface area contributed by atoms with Gasteiger partial charge in [-0.1, -0.05) is 24.3 Å². The van der Waals surface area contributed by atoms with Gasteiger partial charge in [-0.05, 0) is 92.6 Å². The van der Waals surface area contributed by atoms with Gasteiger partial charge in [-0.25, -0.2) is 8.42 Å². The van der Waals surface area contributed by atoms with Gasteiger partial charge in [0.25, 0.3) is 5.91 Å². The van der Waals surface area contributed by atoms with Crippen LogP contribution in [0.1, 0.15) is 49.4 Å². The molecule has 0 N–H and O–H groups in total. The van der Waals surface area contributed by atoms with Gasteiger partial charge in [0.15, 0.2) is 9.84 Å². The fraction of sp³-hybridized carbons (Fsp3) is 0.310. The first-order valence-electron chi connectivity index (χ1n) is 12.5. The topological polar surface area (TPSA) is 74.8 Å². The summed E-state index contributed by atoms with van der Waals surface area (Å²) in [5.74, 6) is 0.107. The molecule has 5 rings (SSSR count). The highest BCUT2D eigenvalue weighted by atomic mass is 32.2. The van der Waals surface area contributed by atoms with Crippen molar-refractivity contribution in [3.05, 3.63) is 84.4 Å². The lowest BCUT2D eigenvalue weighted by atomic mass is 9.90. The molecule has 0 bridgehead atoms. The van der Waals surface area contributed by atoms with Crippen LogP contribution in [0.2, 0.25) is 0 Å². The number of benzene rings is 3. The van der Waals surface area contributed by atoms with E-state index < -0.39 is 9.84 Å². The quantitative estimate of drug-likeness (QED) is 0.393. The van der Waals surface area contributed by atoms with Crippen LogP contribution >= 0.6 is 0 Å². The third kappa shape index (κ3) is 5.07. The molecule has 2 aliphatic carbocycles. The lowest BCUT2D eigenvalue weighted by Gasteiger charge is -2.37. The maximum Gasteiger partial charge on any atom is 0.258 e. The van der Waals surface area contributed by atoms with E-state index in [1.165, 1.54) is 11.8 Å². The predicted octanol–water partition coefficient (Wildman–Crippen LogP) is 5.75. The summed E-state index contributed by atoms with van der Waals surface area (Å²) in [6.45, 7) is 1.46. The van der Waals surface area contributed by atoms with Crippen molar-refractivity contribution in [1.82, 2.24) is 0 Å². The van der Waals surface area contributed by atoms with Gasteiger partial charge in [0, 0.05) is 35.6 Å². The summed E-state index contributed by atoms with van der Waals surface area (Å²) in [7, 11) is -3.34. The van der Waals surface area contributed by atoms with E-state index in [9.17, 15) is 18.0 Å². The Morgan fingerprint density at radius 1 is 0.806 bits per heavy atom. The average molecular weight is 503 g/mol. The molecular weight excluding hydrogens is 472 g/mol. The van der Waals surface area contributed by atoms with E-state index in [4.69, 9.17) is 0 Å². The van der Waals surface area contributed by atoms with Gasteiger partial charge >= 0.3 is 0 Å². The number of hydrogen-bond acceptors (Lipinski definition) is 4. The lowest BCUT2D eigenvalue weighted by Crippen LogP contribution is -2.44. The Morgan fingerprint density at radius 2 is 1.47 bits per heavy atom. The van der Waals surface area contributed by atoms with Crippen LogP contribution in [0.25, 0.3) is 0 Å². The molecule has 0 unspecified atom stereocenters. The highest BCUT2D eigenvalue weighted by molar-refractivity contribution is 7.91. The second-order valence-corrected chi connectivity index (χ2v) is 11.8. The summed E-state index contributed by atoms with van der Waals surface area (Å²) in [4.78, 5) is 30.0. The molecule has 36 heavy (non-hydrogen) atoms. The summed E-state index contributed by atoms with van der Waals surface area (Å²) < 4.78 is 25.3. The molecular formula is C29H30N2O4S. The number of carbonyl (C=O) groups excluding carboxylic acids is 2. The molecule has 2 saturated carbocycles. The predicted molar refractivity (Wildman–Crippen MR) is 141 cm³/mol. The first kappa shape index (κ1) is 24.3. The van der Waals surface area contributed by atoms with Crippen molar-refractivity contribution in [1.29, 1.82) is 0 Å². The first-order valence-corrected chi connectivity index (χ1v) is 14.1. The molecule has 0 heterocycles. The zero-order valence-corrected chi connectivity index (χ0v) is 21.2. The zero-order valence-electron chi connectivity index (χ0n) is 20.3. The SMILES string of the molecule is CC(=O)N(c1ccc(S(=O)(=O)CC2CC2)cc1)c1cccc(C(=O)N(c2ccccc2)C2CCC2)c1. The summed E-state index contributed by atoms with van der Waals surface area (Å²) >= 11 is 0. The van der Waals surface area contributed by atoms with Crippen LogP contribution in [0.15, 0.2) is 83.8 Å². The van der Waals surface area contributed by atoms with E-state index in [1.807, 2.05) is 35.2 Å². The van der Waals surface area contributed by atoms with Gasteiger partial charge in [0.05, 0.1) is 10.6 Å². The standard InChI is InChI=1S/C29H30N2O4S/c1-21(32)30(26-15-17-28(18-16-26)36(34,35)20-22-13-14-22)27-12-5-7-23(19-27)29(33)31(25-10-6-11-25)24-8-3-2-4-9-24/h2-5,7-9,12,15-19,22,25H,6,10-11,13-14,20H2,1H3. The van der Waals surface area contributed by atoms with Gasteiger partial charge in [-0.2, -0.15) is 0 Å². The van der Waals surface area contributed by atoms with E-state index in [0.717, 1.165) is 37.8 Å². The molecule has 2 amide bonds. The first-order chi connectivity index (χ1) is 17.3. The van der Waals surface area contributed by atoms with E-state index in [0.29, 0.717) is 16.9 Å². The van der Waals surface area contributed by atoms with Crippen molar-refractivity contribution in [3.8, 4) is 0 Å². The minimum absolute atomic E-state index is 0.0993. The van der Waals surface area contributed by atoms with Crippen LogP contribution < -0.4 is 9.80 Å². The Hall–Kier alpha value is -3.45. The number of rotatable bonds is 8. The van der Waals surface area contributed by atoms with Gasteiger partial charge in [-0.15, -0.1) is 0 Å². The Labute approximate surface area is 212 Å². The summed E-state index contributed by atoms with van der Waals surface area (Å²) in [5.41, 5.74) is 2.47. The molecule has 3 aromatic carbocycles. The maximum atomic E-state index is 13.7. The molecule has 0 aromatic heterocycles. The fourth-order valence-corrected chi connectivity index (χ4v) is 6.35. The normalized spacial score (nSPS) is 15.7. The number of carbonyl (C=O) groups is 2. The molecule has 0 atom stereocenters. The molecule has 0 radical (unpaired) electrons. The van der Waals surface area contributed by atoms with Crippen LogP contribution in [0.4, 0.5) is 17.1 Å². The zero-order chi connectivity index (χ0) is 25.3. The largest absolute Gasteiger partial charge is 0.305 e. The summed E-state index contributed by atoms with van der Waals surface area (Å²) in [5, 5.41) is 0. The number of para-hydroxylation sites is 1. The third-order valence-corrected chi connectivity index (χ3v) is 8.87. The van der Waals surface area contributed by atoms with Crippen LogP contribution in [0, 0.1) is 5.92 Å². The monoisotopic (exact) mass is 502 g/mol. The average Bonchev–Trinajstić information content (AvgIpc) is 3.65. The second-order valence-electron chi connectivity index (χ2n) is 9.72. The number of amides is 2. The molecule has 2 aliphatic rings. The van der Waals surface area contributed by atoms with Crippen molar-refractivity contribution in [2.45, 2.75) is 50.0 Å². The Bertz CT molecular complexity index is 1360. The number of sulfone groups is 1. The van der Waals surface area contributed by atoms with Crippen molar-refractivity contribution >= 4 is 38.7 Å². The smallest absolute Gasteiger partial charge is 0.258 e. The van der Waals surface area contributed by atoms with Gasteiger partial charge in [0.2, 0.25) is 5.91 Å². The number of nitrogens with zero attached hydrogens (tertiary/aromatic N) is 2. The van der Waals surface area contributed by atoms with Crippen LogP contribution in [-0.4, -0.2) is 32.0 Å². The minimum Gasteiger partial charge on any atom is -0.305 e. The molecule has 0 spiro atoms. The third-order valence-electron chi connectivity index (χ3n) is 6.97. The summed E-state index contributed by atoms with van der Waals surface area (Å²) in [6, 6.07) is 23.3. The van der Waals surface area contributed by atoms with E-state index in [2.05, 4.69) is 0 Å². The molecule has 186 valence electrons. The molecule has 2 fully saturated rings. The van der Waals surface area contributed by atoms with Gasteiger partial charge in [0.1, 0.15) is 0 Å². The fourth-order valence-electron chi connectivity index (χ4n) is 4.65. The minimum atomic E-state index is -3.34. The lowest BCUT2D eigenvalue weighted by molar-refractivity contribution is -0.115. The molecule has 3 aromatic rings. The Morgan fingerprint density at radius 3 is 2.06 bits per heavy atom. The molecule has 7 heteroatoms. The highest BCUT2D eigenvalue weighted by Gasteiger charge is 2.31. The van der Waals surface area contributed by atoms with Crippen molar-refractivity contribution < 1.29 is 18.0 Å². The van der Waals surface area contributed by atoms with Crippen LogP contribution in [0.3, 0.4) is 0 Å². The maximum absolute atomic E-state index is 13.7.